The van der Waals surface area contributed by atoms with E-state index in [0.717, 1.165) is 6.07 Å². The molecule has 32 heavy (non-hydrogen) atoms. The summed E-state index contributed by atoms with van der Waals surface area (Å²) in [5.74, 6) is -1.67. The molecule has 0 aliphatic carbocycles. The average Bonchev–Trinajstić information content (AvgIpc) is 2.74. The Bertz CT molecular complexity index is 1310. The quantitative estimate of drug-likeness (QED) is 0.572. The minimum atomic E-state index is -3.95. The molecule has 0 spiro atoms. The topological polar surface area (TPSA) is 102 Å². The molecule has 9 heteroatoms. The van der Waals surface area contributed by atoms with Crippen molar-refractivity contribution < 1.29 is 27.1 Å². The fourth-order valence-electron chi connectivity index (χ4n) is 3.41. The molecule has 1 unspecified atom stereocenters. The number of rotatable bonds is 5. The number of ether oxygens (including phenoxy) is 1. The van der Waals surface area contributed by atoms with Gasteiger partial charge in [0.25, 0.3) is 15.9 Å². The minimum absolute atomic E-state index is 0.0657. The molecular formula is C23H19FN2O5S. The number of hydrogen-bond donors (Lipinski definition) is 2. The normalized spacial score (nSPS) is 17.8. The number of amides is 1. The monoisotopic (exact) mass is 454 g/mol. The molecule has 1 aliphatic heterocycles. The maximum Gasteiger partial charge on any atom is 0.339 e. The molecule has 3 aromatic rings. The van der Waals surface area contributed by atoms with Gasteiger partial charge >= 0.3 is 5.97 Å². The highest BCUT2D eigenvalue weighted by Gasteiger charge is 2.42. The van der Waals surface area contributed by atoms with Gasteiger partial charge in [0.2, 0.25) is 0 Å². The highest BCUT2D eigenvalue weighted by Crippen LogP contribution is 2.29. The first-order valence-corrected chi connectivity index (χ1v) is 11.2. The Morgan fingerprint density at radius 2 is 1.72 bits per heavy atom. The zero-order valence-electron chi connectivity index (χ0n) is 17.0. The van der Waals surface area contributed by atoms with Gasteiger partial charge in [-0.15, -0.1) is 0 Å². The summed E-state index contributed by atoms with van der Waals surface area (Å²) in [7, 11) is -3.95. The fraction of sp³-hybridized carbons (Fsp3) is 0.130. The number of esters is 1. The third-order valence-corrected chi connectivity index (χ3v) is 6.46. The summed E-state index contributed by atoms with van der Waals surface area (Å²) >= 11 is 0. The van der Waals surface area contributed by atoms with E-state index in [0.29, 0.717) is 16.8 Å². The first kappa shape index (κ1) is 21.5. The Balaban J connectivity index is 1.48. The fourth-order valence-corrected chi connectivity index (χ4v) is 4.46. The molecular weight excluding hydrogens is 435 g/mol. The van der Waals surface area contributed by atoms with Gasteiger partial charge in [0, 0.05) is 12.1 Å². The Morgan fingerprint density at radius 3 is 2.44 bits per heavy atom. The summed E-state index contributed by atoms with van der Waals surface area (Å²) in [6.45, 7) is 1.53. The number of hydrogen-bond acceptors (Lipinski definition) is 5. The number of carbonyl (C=O) groups excluding carboxylic acids is 2. The van der Waals surface area contributed by atoms with Gasteiger partial charge in [-0.05, 0) is 61.0 Å². The number of halogens is 1. The van der Waals surface area contributed by atoms with Crippen LogP contribution < -0.4 is 10.0 Å². The van der Waals surface area contributed by atoms with Gasteiger partial charge in [-0.3, -0.25) is 9.52 Å². The van der Waals surface area contributed by atoms with Crippen LogP contribution >= 0.6 is 0 Å². The third kappa shape index (κ3) is 4.33. The predicted molar refractivity (Wildman–Crippen MR) is 116 cm³/mol. The van der Waals surface area contributed by atoms with Gasteiger partial charge in [0.05, 0.1) is 16.1 Å². The second kappa shape index (κ2) is 8.08. The minimum Gasteiger partial charge on any atom is -0.445 e. The van der Waals surface area contributed by atoms with E-state index in [2.05, 4.69) is 10.0 Å². The number of benzene rings is 3. The van der Waals surface area contributed by atoms with Crippen LogP contribution in [0.4, 0.5) is 15.8 Å². The zero-order chi connectivity index (χ0) is 22.9. The second-order valence-corrected chi connectivity index (χ2v) is 9.23. The highest BCUT2D eigenvalue weighted by atomic mass is 32.2. The van der Waals surface area contributed by atoms with E-state index in [9.17, 15) is 22.4 Å². The number of cyclic esters (lactones) is 1. The van der Waals surface area contributed by atoms with Gasteiger partial charge in [0.1, 0.15) is 5.82 Å². The Labute approximate surface area is 184 Å². The van der Waals surface area contributed by atoms with E-state index in [1.807, 2.05) is 0 Å². The summed E-state index contributed by atoms with van der Waals surface area (Å²) in [6.07, 6.45) is 0.213. The van der Waals surface area contributed by atoms with Crippen molar-refractivity contribution in [2.45, 2.75) is 23.8 Å². The molecule has 0 fully saturated rings. The summed E-state index contributed by atoms with van der Waals surface area (Å²) in [5, 5.41) is 2.66. The summed E-state index contributed by atoms with van der Waals surface area (Å²) < 4.78 is 46.0. The van der Waals surface area contributed by atoms with E-state index in [-0.39, 0.29) is 17.0 Å². The lowest BCUT2D eigenvalue weighted by Crippen LogP contribution is -2.48. The van der Waals surface area contributed by atoms with E-state index in [1.165, 1.54) is 49.4 Å². The van der Waals surface area contributed by atoms with Crippen molar-refractivity contribution in [3.8, 4) is 0 Å². The van der Waals surface area contributed by atoms with Crippen molar-refractivity contribution in [2.75, 3.05) is 10.0 Å². The SMILES string of the molecule is CC1(C(=O)Nc2ccc(S(=O)(=O)Nc3cccc(F)c3)cc2)Cc2ccccc2C(=O)O1. The maximum absolute atomic E-state index is 13.3. The molecule has 1 atom stereocenters. The third-order valence-electron chi connectivity index (χ3n) is 5.06. The van der Waals surface area contributed by atoms with Crippen molar-refractivity contribution in [3.63, 3.8) is 0 Å². The second-order valence-electron chi connectivity index (χ2n) is 7.55. The van der Waals surface area contributed by atoms with Crippen LogP contribution in [0, 0.1) is 5.82 Å². The molecule has 164 valence electrons. The molecule has 4 rings (SSSR count). The predicted octanol–water partition coefficient (Wildman–Crippen LogP) is 3.74. The molecule has 0 aromatic heterocycles. The van der Waals surface area contributed by atoms with Gasteiger partial charge in [0.15, 0.2) is 5.60 Å². The van der Waals surface area contributed by atoms with Crippen molar-refractivity contribution in [1.29, 1.82) is 0 Å². The lowest BCUT2D eigenvalue weighted by Gasteiger charge is -2.33. The lowest BCUT2D eigenvalue weighted by atomic mass is 9.89. The standard InChI is InChI=1S/C23H19FN2O5S/c1-23(14-15-5-2-3-8-20(15)21(27)31-23)22(28)25-17-9-11-19(12-10-17)32(29,30)26-18-7-4-6-16(24)13-18/h2-13,26H,14H2,1H3,(H,25,28). The molecule has 3 aromatic carbocycles. The number of sulfonamides is 1. The van der Waals surface area contributed by atoms with E-state index in [1.54, 1.807) is 24.3 Å². The van der Waals surface area contributed by atoms with E-state index < -0.39 is 33.3 Å². The largest absolute Gasteiger partial charge is 0.445 e. The Hall–Kier alpha value is -3.72. The molecule has 7 nitrogen and oxygen atoms in total. The van der Waals surface area contributed by atoms with Gasteiger partial charge in [-0.1, -0.05) is 24.3 Å². The molecule has 0 bridgehead atoms. The van der Waals surface area contributed by atoms with Crippen molar-refractivity contribution in [1.82, 2.24) is 0 Å². The first-order chi connectivity index (χ1) is 15.2. The summed E-state index contributed by atoms with van der Waals surface area (Å²) in [5.41, 5.74) is 0.157. The summed E-state index contributed by atoms with van der Waals surface area (Å²) in [6, 6.07) is 17.5. The molecule has 0 saturated carbocycles. The van der Waals surface area contributed by atoms with Crippen molar-refractivity contribution in [2.24, 2.45) is 0 Å². The maximum atomic E-state index is 13.3. The van der Waals surface area contributed by atoms with E-state index in [4.69, 9.17) is 4.74 Å². The Morgan fingerprint density at radius 1 is 1.00 bits per heavy atom. The van der Waals surface area contributed by atoms with Crippen molar-refractivity contribution >= 4 is 33.3 Å². The number of carbonyl (C=O) groups is 2. The lowest BCUT2D eigenvalue weighted by molar-refractivity contribution is -0.134. The molecule has 1 heterocycles. The average molecular weight is 454 g/mol. The van der Waals surface area contributed by atoms with Crippen LogP contribution in [-0.4, -0.2) is 25.9 Å². The van der Waals surface area contributed by atoms with Crippen LogP contribution in [0.5, 0.6) is 0 Å². The molecule has 1 aliphatic rings. The smallest absolute Gasteiger partial charge is 0.339 e. The number of nitrogens with one attached hydrogen (secondary N) is 2. The Kier molecular flexibility index (Phi) is 5.43. The molecule has 2 N–H and O–H groups in total. The molecule has 0 saturated heterocycles. The molecule has 1 amide bonds. The van der Waals surface area contributed by atoms with Crippen molar-refractivity contribution in [3.05, 3.63) is 89.7 Å². The summed E-state index contributed by atoms with van der Waals surface area (Å²) in [4.78, 5) is 25.1. The van der Waals surface area contributed by atoms with Gasteiger partial charge in [-0.2, -0.15) is 0 Å². The zero-order valence-corrected chi connectivity index (χ0v) is 17.8. The molecule has 0 radical (unpaired) electrons. The number of anilines is 2. The van der Waals surface area contributed by atoms with Crippen LogP contribution in [0.2, 0.25) is 0 Å². The first-order valence-electron chi connectivity index (χ1n) is 9.67. The van der Waals surface area contributed by atoms with Gasteiger partial charge in [-0.25, -0.2) is 17.6 Å². The highest BCUT2D eigenvalue weighted by molar-refractivity contribution is 7.92. The number of fused-ring (bicyclic) bond motifs is 1. The van der Waals surface area contributed by atoms with Crippen LogP contribution in [0.3, 0.4) is 0 Å². The van der Waals surface area contributed by atoms with Crippen LogP contribution in [0.25, 0.3) is 0 Å². The van der Waals surface area contributed by atoms with Crippen LogP contribution in [0.15, 0.2) is 77.7 Å². The van der Waals surface area contributed by atoms with Crippen LogP contribution in [0.1, 0.15) is 22.8 Å². The van der Waals surface area contributed by atoms with Crippen LogP contribution in [-0.2, 0) is 26.0 Å². The van der Waals surface area contributed by atoms with Gasteiger partial charge < -0.3 is 10.1 Å². The van der Waals surface area contributed by atoms with E-state index >= 15 is 0 Å².